The van der Waals surface area contributed by atoms with Gasteiger partial charge in [0.25, 0.3) is 0 Å². The number of rotatable bonds is 2. The molecule has 0 amide bonds. The molecule has 0 fully saturated rings. The quantitative estimate of drug-likeness (QED) is 0.476. The van der Waals surface area contributed by atoms with E-state index < -0.39 is 0 Å². The number of carbonyl (C=O) groups excluding carboxylic acids is 1. The number of carbonyl (C=O) groups is 1. The summed E-state index contributed by atoms with van der Waals surface area (Å²) in [5, 5.41) is 2.20. The fraction of sp³-hybridized carbons (Fsp3) is 0.0625. The monoisotopic (exact) mass is 408 g/mol. The Balaban J connectivity index is 2.05. The highest BCUT2D eigenvalue weighted by atomic mass is 79.9. The average molecular weight is 410 g/mol. The lowest BCUT2D eigenvalue weighted by Gasteiger charge is -2.02. The second-order valence-electron chi connectivity index (χ2n) is 4.55. The lowest BCUT2D eigenvalue weighted by atomic mass is 10.0. The van der Waals surface area contributed by atoms with Gasteiger partial charge in [-0.1, -0.05) is 34.1 Å². The molecule has 0 saturated heterocycles. The summed E-state index contributed by atoms with van der Waals surface area (Å²) in [5.74, 6) is 0.0774. The molecule has 3 rings (SSSR count). The Kier molecular flexibility index (Phi) is 3.80. The first-order valence-electron chi connectivity index (χ1n) is 6.04. The van der Waals surface area contributed by atoms with Crippen molar-refractivity contribution in [3.8, 4) is 0 Å². The molecule has 0 aliphatic rings. The van der Waals surface area contributed by atoms with Gasteiger partial charge in [-0.05, 0) is 57.9 Å². The third kappa shape index (κ3) is 2.60. The van der Waals surface area contributed by atoms with Gasteiger partial charge in [0.05, 0.1) is 4.88 Å². The maximum absolute atomic E-state index is 12.5. The number of ketones is 1. The van der Waals surface area contributed by atoms with Gasteiger partial charge in [0.1, 0.15) is 0 Å². The smallest absolute Gasteiger partial charge is 0.203 e. The van der Waals surface area contributed by atoms with Crippen LogP contribution in [0, 0.1) is 6.92 Å². The van der Waals surface area contributed by atoms with E-state index >= 15 is 0 Å². The van der Waals surface area contributed by atoms with Crippen LogP contribution in [-0.4, -0.2) is 5.78 Å². The minimum atomic E-state index is 0.0774. The molecule has 20 heavy (non-hydrogen) atoms. The number of benzene rings is 2. The molecule has 100 valence electrons. The number of fused-ring (bicyclic) bond motifs is 1. The SMILES string of the molecule is Cc1sc(C(=O)c2ccc3cc(Br)ccc3c2)cc1Br. The predicted molar refractivity (Wildman–Crippen MR) is 91.8 cm³/mol. The Morgan fingerprint density at radius 1 is 1.00 bits per heavy atom. The molecule has 2 aromatic carbocycles. The summed E-state index contributed by atoms with van der Waals surface area (Å²) < 4.78 is 2.04. The van der Waals surface area contributed by atoms with Gasteiger partial charge >= 0.3 is 0 Å². The van der Waals surface area contributed by atoms with Crippen molar-refractivity contribution in [3.63, 3.8) is 0 Å². The third-order valence-electron chi connectivity index (χ3n) is 3.15. The van der Waals surface area contributed by atoms with E-state index in [1.807, 2.05) is 43.3 Å². The topological polar surface area (TPSA) is 17.1 Å². The molecule has 1 nitrogen and oxygen atoms in total. The second kappa shape index (κ2) is 5.43. The normalized spacial score (nSPS) is 10.9. The largest absolute Gasteiger partial charge is 0.288 e. The Labute approximate surface area is 137 Å². The van der Waals surface area contributed by atoms with Crippen molar-refractivity contribution in [2.45, 2.75) is 6.92 Å². The van der Waals surface area contributed by atoms with Crippen molar-refractivity contribution in [2.24, 2.45) is 0 Å². The van der Waals surface area contributed by atoms with E-state index in [1.54, 1.807) is 0 Å². The number of thiophene rings is 1. The molecule has 1 heterocycles. The number of aryl methyl sites for hydroxylation is 1. The molecule has 0 unspecified atom stereocenters. The summed E-state index contributed by atoms with van der Waals surface area (Å²) in [4.78, 5) is 14.4. The number of hydrogen-bond acceptors (Lipinski definition) is 2. The van der Waals surface area contributed by atoms with Crippen LogP contribution in [0.25, 0.3) is 10.8 Å². The van der Waals surface area contributed by atoms with Crippen molar-refractivity contribution in [1.29, 1.82) is 0 Å². The van der Waals surface area contributed by atoms with Crippen molar-refractivity contribution >= 4 is 59.8 Å². The zero-order valence-electron chi connectivity index (χ0n) is 10.6. The lowest BCUT2D eigenvalue weighted by molar-refractivity contribution is 0.104. The highest BCUT2D eigenvalue weighted by Crippen LogP contribution is 2.29. The first-order valence-corrected chi connectivity index (χ1v) is 8.45. The molecule has 0 aliphatic heterocycles. The van der Waals surface area contributed by atoms with E-state index in [0.29, 0.717) is 0 Å². The van der Waals surface area contributed by atoms with Gasteiger partial charge in [-0.15, -0.1) is 11.3 Å². The van der Waals surface area contributed by atoms with Crippen LogP contribution in [0.15, 0.2) is 51.4 Å². The maximum atomic E-state index is 12.5. The van der Waals surface area contributed by atoms with E-state index in [0.717, 1.165) is 35.0 Å². The first-order chi connectivity index (χ1) is 9.54. The summed E-state index contributed by atoms with van der Waals surface area (Å²) in [6.07, 6.45) is 0. The molecule has 0 spiro atoms. The van der Waals surface area contributed by atoms with Crippen LogP contribution >= 0.6 is 43.2 Å². The molecular weight excluding hydrogens is 400 g/mol. The third-order valence-corrected chi connectivity index (χ3v) is 5.77. The number of hydrogen-bond donors (Lipinski definition) is 0. The molecule has 0 bridgehead atoms. The Hall–Kier alpha value is -0.970. The lowest BCUT2D eigenvalue weighted by Crippen LogP contribution is -1.98. The van der Waals surface area contributed by atoms with Crippen LogP contribution in [-0.2, 0) is 0 Å². The van der Waals surface area contributed by atoms with E-state index in [9.17, 15) is 4.79 Å². The van der Waals surface area contributed by atoms with Gasteiger partial charge in [0, 0.05) is 19.4 Å². The van der Waals surface area contributed by atoms with Gasteiger partial charge in [-0.3, -0.25) is 4.79 Å². The van der Waals surface area contributed by atoms with Crippen LogP contribution in [0.4, 0.5) is 0 Å². The molecule has 4 heteroatoms. The standard InChI is InChI=1S/C16H10Br2OS/c1-9-14(18)8-15(20-9)16(19)12-3-2-11-7-13(17)5-4-10(11)6-12/h2-8H,1H3. The first kappa shape index (κ1) is 14.0. The van der Waals surface area contributed by atoms with Gasteiger partial charge in [-0.2, -0.15) is 0 Å². The molecule has 0 atom stereocenters. The Morgan fingerprint density at radius 2 is 1.70 bits per heavy atom. The van der Waals surface area contributed by atoms with Gasteiger partial charge in [-0.25, -0.2) is 0 Å². The van der Waals surface area contributed by atoms with Crippen molar-refractivity contribution in [3.05, 3.63) is 66.7 Å². The highest BCUT2D eigenvalue weighted by Gasteiger charge is 2.13. The van der Waals surface area contributed by atoms with E-state index in [4.69, 9.17) is 0 Å². The summed E-state index contributed by atoms with van der Waals surface area (Å²) >= 11 is 8.44. The van der Waals surface area contributed by atoms with Crippen molar-refractivity contribution < 1.29 is 4.79 Å². The fourth-order valence-electron chi connectivity index (χ4n) is 2.07. The molecule has 0 N–H and O–H groups in total. The van der Waals surface area contributed by atoms with Crippen LogP contribution in [0.2, 0.25) is 0 Å². The molecule has 0 radical (unpaired) electrons. The maximum Gasteiger partial charge on any atom is 0.203 e. The second-order valence-corrected chi connectivity index (χ2v) is 7.58. The fourth-order valence-corrected chi connectivity index (χ4v) is 3.95. The van der Waals surface area contributed by atoms with Crippen LogP contribution in [0.1, 0.15) is 20.1 Å². The predicted octanol–water partition coefficient (Wildman–Crippen LogP) is 5.97. The zero-order valence-corrected chi connectivity index (χ0v) is 14.6. The number of halogens is 2. The zero-order chi connectivity index (χ0) is 14.3. The molecule has 1 aromatic heterocycles. The van der Waals surface area contributed by atoms with Gasteiger partial charge in [0.2, 0.25) is 5.78 Å². The summed E-state index contributed by atoms with van der Waals surface area (Å²) in [6, 6.07) is 13.8. The molecular formula is C16H10Br2OS. The van der Waals surface area contributed by atoms with Crippen LogP contribution in [0.5, 0.6) is 0 Å². The Morgan fingerprint density at radius 3 is 2.40 bits per heavy atom. The Bertz CT molecular complexity index is 801. The minimum absolute atomic E-state index is 0.0774. The average Bonchev–Trinajstić information content (AvgIpc) is 2.77. The summed E-state index contributed by atoms with van der Waals surface area (Å²) in [7, 11) is 0. The van der Waals surface area contributed by atoms with E-state index in [2.05, 4.69) is 37.9 Å². The molecule has 3 aromatic rings. The van der Waals surface area contributed by atoms with Crippen LogP contribution in [0.3, 0.4) is 0 Å². The summed E-state index contributed by atoms with van der Waals surface area (Å²) in [6.45, 7) is 2.00. The molecule has 0 aliphatic carbocycles. The van der Waals surface area contributed by atoms with E-state index in [1.165, 1.54) is 11.3 Å². The van der Waals surface area contributed by atoms with E-state index in [-0.39, 0.29) is 5.78 Å². The van der Waals surface area contributed by atoms with Crippen molar-refractivity contribution in [2.75, 3.05) is 0 Å². The van der Waals surface area contributed by atoms with Gasteiger partial charge in [0.15, 0.2) is 0 Å². The van der Waals surface area contributed by atoms with Crippen LogP contribution < -0.4 is 0 Å². The highest BCUT2D eigenvalue weighted by molar-refractivity contribution is 9.10. The van der Waals surface area contributed by atoms with Gasteiger partial charge < -0.3 is 0 Å². The minimum Gasteiger partial charge on any atom is -0.288 e. The molecule has 0 saturated carbocycles. The van der Waals surface area contributed by atoms with Crippen molar-refractivity contribution in [1.82, 2.24) is 0 Å². The summed E-state index contributed by atoms with van der Waals surface area (Å²) in [5.41, 5.74) is 0.730.